The fourth-order valence-corrected chi connectivity index (χ4v) is 3.46. The highest BCUT2D eigenvalue weighted by molar-refractivity contribution is 5.97. The van der Waals surface area contributed by atoms with Crippen molar-refractivity contribution in [2.45, 2.75) is 13.0 Å². The number of halogens is 1. The molecule has 1 aromatic heterocycles. The van der Waals surface area contributed by atoms with Crippen molar-refractivity contribution in [3.63, 3.8) is 0 Å². The summed E-state index contributed by atoms with van der Waals surface area (Å²) < 4.78 is 15.3. The van der Waals surface area contributed by atoms with Gasteiger partial charge in [0, 0.05) is 31.7 Å². The number of carbonyl (C=O) groups is 1. The summed E-state index contributed by atoms with van der Waals surface area (Å²) in [4.78, 5) is 27.3. The first-order chi connectivity index (χ1) is 12.0. The highest BCUT2D eigenvalue weighted by atomic mass is 19.1. The van der Waals surface area contributed by atoms with E-state index in [0.29, 0.717) is 18.6 Å². The van der Waals surface area contributed by atoms with Crippen molar-refractivity contribution < 1.29 is 9.18 Å². The summed E-state index contributed by atoms with van der Waals surface area (Å²) >= 11 is 0. The number of aryl methyl sites for hydroxylation is 1. The number of amides is 1. The highest BCUT2D eigenvalue weighted by Gasteiger charge is 2.24. The lowest BCUT2D eigenvalue weighted by Crippen LogP contribution is -2.38. The van der Waals surface area contributed by atoms with E-state index in [1.54, 1.807) is 28.8 Å². The smallest absolute Gasteiger partial charge is 0.259 e. The Balaban J connectivity index is 1.76. The average Bonchev–Trinajstić information content (AvgIpc) is 2.63. The van der Waals surface area contributed by atoms with Crippen LogP contribution in [0, 0.1) is 5.82 Å². The van der Waals surface area contributed by atoms with Gasteiger partial charge in [0.2, 0.25) is 5.43 Å². The van der Waals surface area contributed by atoms with E-state index in [1.165, 1.54) is 17.7 Å². The lowest BCUT2D eigenvalue weighted by atomic mass is 9.99. The number of rotatable bonds is 1. The molecule has 0 N–H and O–H groups in total. The van der Waals surface area contributed by atoms with Gasteiger partial charge in [0.15, 0.2) is 0 Å². The SMILES string of the molecule is Cn1cc(C(=O)N2CCc3ccccc3C2)c(=O)c2cc(F)ccc21. The molecule has 0 bridgehead atoms. The van der Waals surface area contributed by atoms with Gasteiger partial charge >= 0.3 is 0 Å². The highest BCUT2D eigenvalue weighted by Crippen LogP contribution is 2.20. The molecule has 1 aliphatic rings. The zero-order valence-electron chi connectivity index (χ0n) is 13.8. The first-order valence-corrected chi connectivity index (χ1v) is 8.19. The van der Waals surface area contributed by atoms with Crippen LogP contribution in [0.4, 0.5) is 4.39 Å². The number of carbonyl (C=O) groups excluding carboxylic acids is 1. The van der Waals surface area contributed by atoms with E-state index >= 15 is 0 Å². The fraction of sp³-hybridized carbons (Fsp3) is 0.200. The van der Waals surface area contributed by atoms with E-state index in [-0.39, 0.29) is 16.9 Å². The summed E-state index contributed by atoms with van der Waals surface area (Å²) in [6.07, 6.45) is 2.32. The Morgan fingerprint density at radius 1 is 1.12 bits per heavy atom. The quantitative estimate of drug-likeness (QED) is 0.686. The molecule has 0 atom stereocenters. The minimum Gasteiger partial charge on any atom is -0.350 e. The molecule has 2 aromatic carbocycles. The topological polar surface area (TPSA) is 42.3 Å². The van der Waals surface area contributed by atoms with E-state index in [2.05, 4.69) is 6.07 Å². The van der Waals surface area contributed by atoms with Crippen LogP contribution < -0.4 is 5.43 Å². The number of hydrogen-bond donors (Lipinski definition) is 0. The third-order valence-electron chi connectivity index (χ3n) is 4.80. The predicted molar refractivity (Wildman–Crippen MR) is 94.0 cm³/mol. The third kappa shape index (κ3) is 2.61. The van der Waals surface area contributed by atoms with Crippen LogP contribution in [0.5, 0.6) is 0 Å². The number of hydrogen-bond acceptors (Lipinski definition) is 2. The molecule has 0 radical (unpaired) electrons. The van der Waals surface area contributed by atoms with Crippen molar-refractivity contribution in [3.8, 4) is 0 Å². The molecule has 3 aromatic rings. The van der Waals surface area contributed by atoms with Crippen molar-refractivity contribution >= 4 is 16.8 Å². The zero-order valence-corrected chi connectivity index (χ0v) is 13.8. The summed E-state index contributed by atoms with van der Waals surface area (Å²) in [6, 6.07) is 12.1. The molecule has 0 fully saturated rings. The van der Waals surface area contributed by atoms with Gasteiger partial charge in [-0.05, 0) is 35.7 Å². The normalized spacial score (nSPS) is 13.8. The monoisotopic (exact) mass is 336 g/mol. The lowest BCUT2D eigenvalue weighted by Gasteiger charge is -2.29. The molecule has 0 saturated heterocycles. The van der Waals surface area contributed by atoms with Crippen molar-refractivity contribution in [3.05, 3.63) is 81.4 Å². The summed E-state index contributed by atoms with van der Waals surface area (Å²) in [5.74, 6) is -0.789. The molecule has 0 saturated carbocycles. The Morgan fingerprint density at radius 2 is 1.88 bits per heavy atom. The second-order valence-corrected chi connectivity index (χ2v) is 6.39. The molecule has 1 amide bonds. The maximum atomic E-state index is 13.6. The molecule has 4 nitrogen and oxygen atoms in total. The Kier molecular flexibility index (Phi) is 3.64. The number of benzene rings is 2. The minimum absolute atomic E-state index is 0.0833. The van der Waals surface area contributed by atoms with Gasteiger partial charge in [-0.1, -0.05) is 24.3 Å². The van der Waals surface area contributed by atoms with Gasteiger partial charge in [-0.3, -0.25) is 9.59 Å². The van der Waals surface area contributed by atoms with E-state index < -0.39 is 11.2 Å². The van der Waals surface area contributed by atoms with Crippen molar-refractivity contribution in [2.24, 2.45) is 7.05 Å². The van der Waals surface area contributed by atoms with E-state index in [0.717, 1.165) is 12.0 Å². The minimum atomic E-state index is -0.485. The Bertz CT molecular complexity index is 1060. The van der Waals surface area contributed by atoms with Crippen LogP contribution in [0.25, 0.3) is 10.9 Å². The first kappa shape index (κ1) is 15.6. The fourth-order valence-electron chi connectivity index (χ4n) is 3.46. The third-order valence-corrected chi connectivity index (χ3v) is 4.80. The van der Waals surface area contributed by atoms with Gasteiger partial charge < -0.3 is 9.47 Å². The van der Waals surface area contributed by atoms with E-state index in [1.807, 2.05) is 18.2 Å². The van der Waals surface area contributed by atoms with Crippen molar-refractivity contribution in [2.75, 3.05) is 6.54 Å². The molecule has 1 aliphatic heterocycles. The van der Waals surface area contributed by atoms with Crippen LogP contribution in [0.2, 0.25) is 0 Å². The number of fused-ring (bicyclic) bond motifs is 2. The number of aromatic nitrogens is 1. The molecule has 5 heteroatoms. The maximum Gasteiger partial charge on any atom is 0.259 e. The first-order valence-electron chi connectivity index (χ1n) is 8.19. The molecular formula is C20H17FN2O2. The maximum absolute atomic E-state index is 13.6. The number of nitrogens with zero attached hydrogens (tertiary/aromatic N) is 2. The zero-order chi connectivity index (χ0) is 17.6. The van der Waals surface area contributed by atoms with Crippen LogP contribution in [0.1, 0.15) is 21.5 Å². The van der Waals surface area contributed by atoms with E-state index in [4.69, 9.17) is 0 Å². The Morgan fingerprint density at radius 3 is 2.68 bits per heavy atom. The molecule has 0 unspecified atom stereocenters. The van der Waals surface area contributed by atoms with Gasteiger partial charge in [-0.15, -0.1) is 0 Å². The van der Waals surface area contributed by atoms with Crippen LogP contribution in [0.3, 0.4) is 0 Å². The van der Waals surface area contributed by atoms with Gasteiger partial charge in [-0.25, -0.2) is 4.39 Å². The molecule has 2 heterocycles. The second-order valence-electron chi connectivity index (χ2n) is 6.39. The lowest BCUT2D eigenvalue weighted by molar-refractivity contribution is 0.0733. The van der Waals surface area contributed by atoms with Gasteiger partial charge in [0.05, 0.1) is 5.52 Å². The van der Waals surface area contributed by atoms with Crippen LogP contribution in [-0.4, -0.2) is 21.9 Å². The van der Waals surface area contributed by atoms with Crippen molar-refractivity contribution in [1.82, 2.24) is 9.47 Å². The van der Waals surface area contributed by atoms with Crippen molar-refractivity contribution in [1.29, 1.82) is 0 Å². The largest absolute Gasteiger partial charge is 0.350 e. The number of pyridine rings is 1. The van der Waals surface area contributed by atoms with Crippen LogP contribution in [0.15, 0.2) is 53.5 Å². The van der Waals surface area contributed by atoms with E-state index in [9.17, 15) is 14.0 Å². The molecule has 0 aliphatic carbocycles. The molecule has 0 spiro atoms. The summed E-state index contributed by atoms with van der Waals surface area (Å²) in [7, 11) is 1.75. The summed E-state index contributed by atoms with van der Waals surface area (Å²) in [6.45, 7) is 1.06. The Hall–Kier alpha value is -2.95. The summed E-state index contributed by atoms with van der Waals surface area (Å²) in [5, 5.41) is 0.228. The van der Waals surface area contributed by atoms with Gasteiger partial charge in [0.1, 0.15) is 11.4 Å². The average molecular weight is 336 g/mol. The standard InChI is InChI=1S/C20H17FN2O2/c1-22-12-17(19(24)16-10-15(21)6-7-18(16)22)20(25)23-9-8-13-4-2-3-5-14(13)11-23/h2-7,10,12H,8-9,11H2,1H3. The summed E-state index contributed by atoms with van der Waals surface area (Å²) in [5.41, 5.74) is 2.61. The molecular weight excluding hydrogens is 319 g/mol. The van der Waals surface area contributed by atoms with Crippen LogP contribution >= 0.6 is 0 Å². The Labute approximate surface area is 144 Å². The molecule has 126 valence electrons. The molecule has 25 heavy (non-hydrogen) atoms. The van der Waals surface area contributed by atoms with Crippen LogP contribution in [-0.2, 0) is 20.0 Å². The van der Waals surface area contributed by atoms with Gasteiger partial charge in [0.25, 0.3) is 5.91 Å². The predicted octanol–water partition coefficient (Wildman–Crippen LogP) is 2.88. The molecule has 4 rings (SSSR count). The van der Waals surface area contributed by atoms with Gasteiger partial charge in [-0.2, -0.15) is 0 Å². The second kappa shape index (κ2) is 5.84.